The summed E-state index contributed by atoms with van der Waals surface area (Å²) in [6, 6.07) is 22.0. The molecule has 0 spiro atoms. The van der Waals surface area contributed by atoms with Gasteiger partial charge in [-0.15, -0.1) is 0 Å². The summed E-state index contributed by atoms with van der Waals surface area (Å²) in [6.45, 7) is 2.93. The van der Waals surface area contributed by atoms with Gasteiger partial charge in [0.2, 0.25) is 12.4 Å². The molecule has 1 aliphatic heterocycles. The maximum absolute atomic E-state index is 11.0. The Morgan fingerprint density at radius 1 is 0.852 bits per heavy atom. The van der Waals surface area contributed by atoms with Crippen molar-refractivity contribution >= 4 is 23.9 Å². The molecule has 1 aliphatic rings. The lowest BCUT2D eigenvalue weighted by atomic mass is 10.1. The van der Waals surface area contributed by atoms with E-state index in [4.69, 9.17) is 9.97 Å². The lowest BCUT2D eigenvalue weighted by Gasteiger charge is -2.33. The summed E-state index contributed by atoms with van der Waals surface area (Å²) in [4.78, 5) is 24.4. The first kappa shape index (κ1) is 17.0. The second-order valence-electron chi connectivity index (χ2n) is 6.42. The van der Waals surface area contributed by atoms with Crippen molar-refractivity contribution in [3.05, 3.63) is 66.7 Å². The van der Waals surface area contributed by atoms with E-state index in [2.05, 4.69) is 10.2 Å². The Morgan fingerprint density at radius 2 is 1.52 bits per heavy atom. The third-order valence-corrected chi connectivity index (χ3v) is 4.60. The largest absolute Gasteiger partial charge is 0.353 e. The molecule has 6 nitrogen and oxygen atoms in total. The Labute approximate surface area is 158 Å². The van der Waals surface area contributed by atoms with Crippen LogP contribution in [0.2, 0.25) is 0 Å². The zero-order valence-corrected chi connectivity index (χ0v) is 15.0. The van der Waals surface area contributed by atoms with Crippen molar-refractivity contribution in [1.82, 2.24) is 14.9 Å². The SMILES string of the molecule is O=CN1CCN(c2cc(-c3ccccc3)nc(Nc3ccccc3)n2)CC1. The van der Waals surface area contributed by atoms with Crippen molar-refractivity contribution in [3.63, 3.8) is 0 Å². The Kier molecular flexibility index (Phi) is 4.96. The molecule has 1 fully saturated rings. The number of hydrogen-bond donors (Lipinski definition) is 1. The van der Waals surface area contributed by atoms with Crippen LogP contribution in [0.5, 0.6) is 0 Å². The Hall–Kier alpha value is -3.41. The summed E-state index contributed by atoms with van der Waals surface area (Å²) in [5.41, 5.74) is 2.86. The summed E-state index contributed by atoms with van der Waals surface area (Å²) in [5, 5.41) is 3.30. The van der Waals surface area contributed by atoms with E-state index in [1.807, 2.05) is 66.7 Å². The number of aromatic nitrogens is 2. The standard InChI is InChI=1S/C21H21N5O/c27-16-25-11-13-26(14-12-25)20-15-19(17-7-3-1-4-8-17)23-21(24-20)22-18-9-5-2-6-10-18/h1-10,15-16H,11-14H2,(H,22,23,24). The molecule has 0 unspecified atom stereocenters. The second kappa shape index (κ2) is 7.86. The third kappa shape index (κ3) is 4.06. The lowest BCUT2D eigenvalue weighted by molar-refractivity contribution is -0.118. The highest BCUT2D eigenvalue weighted by atomic mass is 16.1. The molecule has 1 amide bonds. The molecule has 27 heavy (non-hydrogen) atoms. The van der Waals surface area contributed by atoms with Crippen LogP contribution in [0, 0.1) is 0 Å². The van der Waals surface area contributed by atoms with Gasteiger partial charge in [0, 0.05) is 43.5 Å². The van der Waals surface area contributed by atoms with E-state index >= 15 is 0 Å². The van der Waals surface area contributed by atoms with Gasteiger partial charge in [-0.3, -0.25) is 4.79 Å². The summed E-state index contributed by atoms with van der Waals surface area (Å²) in [5.74, 6) is 1.43. The predicted octanol–water partition coefficient (Wildman–Crippen LogP) is 3.17. The van der Waals surface area contributed by atoms with E-state index in [1.165, 1.54) is 0 Å². The van der Waals surface area contributed by atoms with Crippen LogP contribution >= 0.6 is 0 Å². The summed E-state index contributed by atoms with van der Waals surface area (Å²) in [7, 11) is 0. The maximum atomic E-state index is 11.0. The maximum Gasteiger partial charge on any atom is 0.229 e. The average molecular weight is 359 g/mol. The molecule has 0 bridgehead atoms. The fraction of sp³-hybridized carbons (Fsp3) is 0.190. The van der Waals surface area contributed by atoms with Gasteiger partial charge in [-0.05, 0) is 12.1 Å². The Morgan fingerprint density at radius 3 is 2.19 bits per heavy atom. The molecule has 6 heteroatoms. The van der Waals surface area contributed by atoms with Crippen molar-refractivity contribution in [2.75, 3.05) is 36.4 Å². The van der Waals surface area contributed by atoms with Crippen molar-refractivity contribution in [2.45, 2.75) is 0 Å². The number of anilines is 3. The molecular formula is C21H21N5O. The van der Waals surface area contributed by atoms with E-state index in [0.717, 1.165) is 42.3 Å². The Bertz CT molecular complexity index is 893. The van der Waals surface area contributed by atoms with Gasteiger partial charge in [0.25, 0.3) is 0 Å². The Balaban J connectivity index is 1.67. The molecule has 1 aromatic heterocycles. The van der Waals surface area contributed by atoms with Gasteiger partial charge in [0.1, 0.15) is 5.82 Å². The minimum absolute atomic E-state index is 0.565. The smallest absolute Gasteiger partial charge is 0.229 e. The van der Waals surface area contributed by atoms with E-state index in [0.29, 0.717) is 19.0 Å². The molecule has 3 aromatic rings. The highest BCUT2D eigenvalue weighted by Gasteiger charge is 2.18. The fourth-order valence-electron chi connectivity index (χ4n) is 3.12. The van der Waals surface area contributed by atoms with Crippen LogP contribution in [-0.4, -0.2) is 47.5 Å². The normalized spacial score (nSPS) is 14.1. The number of hydrogen-bond acceptors (Lipinski definition) is 5. The van der Waals surface area contributed by atoms with Crippen LogP contribution in [0.25, 0.3) is 11.3 Å². The fourth-order valence-corrected chi connectivity index (χ4v) is 3.12. The molecular weight excluding hydrogens is 338 g/mol. The monoisotopic (exact) mass is 359 g/mol. The zero-order chi connectivity index (χ0) is 18.5. The van der Waals surface area contributed by atoms with Gasteiger partial charge in [0.05, 0.1) is 5.69 Å². The van der Waals surface area contributed by atoms with E-state index in [-0.39, 0.29) is 0 Å². The number of carbonyl (C=O) groups is 1. The number of rotatable bonds is 5. The topological polar surface area (TPSA) is 61.4 Å². The average Bonchev–Trinajstić information content (AvgIpc) is 2.75. The molecule has 136 valence electrons. The molecule has 1 saturated heterocycles. The number of amides is 1. The van der Waals surface area contributed by atoms with Gasteiger partial charge in [-0.2, -0.15) is 4.98 Å². The molecule has 0 atom stereocenters. The van der Waals surface area contributed by atoms with E-state index in [1.54, 1.807) is 4.90 Å². The highest BCUT2D eigenvalue weighted by Crippen LogP contribution is 2.25. The number of carbonyl (C=O) groups excluding carboxylic acids is 1. The molecule has 4 rings (SSSR count). The first-order valence-electron chi connectivity index (χ1n) is 9.03. The predicted molar refractivity (Wildman–Crippen MR) is 107 cm³/mol. The first-order valence-corrected chi connectivity index (χ1v) is 9.03. The molecule has 2 aromatic carbocycles. The van der Waals surface area contributed by atoms with Crippen LogP contribution in [0.15, 0.2) is 66.7 Å². The van der Waals surface area contributed by atoms with Gasteiger partial charge < -0.3 is 15.1 Å². The van der Waals surface area contributed by atoms with Gasteiger partial charge in [-0.1, -0.05) is 48.5 Å². The number of piperazine rings is 1. The molecule has 0 aliphatic carbocycles. The van der Waals surface area contributed by atoms with Crippen molar-refractivity contribution < 1.29 is 4.79 Å². The number of nitrogens with zero attached hydrogens (tertiary/aromatic N) is 4. The second-order valence-corrected chi connectivity index (χ2v) is 6.42. The minimum atomic E-state index is 0.565. The van der Waals surface area contributed by atoms with Crippen LogP contribution in [-0.2, 0) is 4.79 Å². The van der Waals surface area contributed by atoms with Crippen molar-refractivity contribution in [3.8, 4) is 11.3 Å². The third-order valence-electron chi connectivity index (χ3n) is 4.60. The number of benzene rings is 2. The van der Waals surface area contributed by atoms with Gasteiger partial charge in [0.15, 0.2) is 0 Å². The molecule has 1 N–H and O–H groups in total. The molecule has 0 saturated carbocycles. The number of nitrogens with one attached hydrogen (secondary N) is 1. The minimum Gasteiger partial charge on any atom is -0.353 e. The highest BCUT2D eigenvalue weighted by molar-refractivity contribution is 5.66. The van der Waals surface area contributed by atoms with Crippen LogP contribution in [0.3, 0.4) is 0 Å². The van der Waals surface area contributed by atoms with Gasteiger partial charge >= 0.3 is 0 Å². The molecule has 0 radical (unpaired) electrons. The summed E-state index contributed by atoms with van der Waals surface area (Å²) < 4.78 is 0. The van der Waals surface area contributed by atoms with E-state index in [9.17, 15) is 4.79 Å². The van der Waals surface area contributed by atoms with Crippen molar-refractivity contribution in [1.29, 1.82) is 0 Å². The van der Waals surface area contributed by atoms with Gasteiger partial charge in [-0.25, -0.2) is 4.98 Å². The van der Waals surface area contributed by atoms with Crippen LogP contribution < -0.4 is 10.2 Å². The van der Waals surface area contributed by atoms with Crippen LogP contribution in [0.1, 0.15) is 0 Å². The van der Waals surface area contributed by atoms with E-state index < -0.39 is 0 Å². The summed E-state index contributed by atoms with van der Waals surface area (Å²) >= 11 is 0. The number of para-hydroxylation sites is 1. The van der Waals surface area contributed by atoms with Crippen LogP contribution in [0.4, 0.5) is 17.5 Å². The zero-order valence-electron chi connectivity index (χ0n) is 15.0. The first-order chi connectivity index (χ1) is 13.3. The summed E-state index contributed by atoms with van der Waals surface area (Å²) in [6.07, 6.45) is 0.912. The molecule has 2 heterocycles. The lowest BCUT2D eigenvalue weighted by Crippen LogP contribution is -2.46. The van der Waals surface area contributed by atoms with Crippen molar-refractivity contribution in [2.24, 2.45) is 0 Å². The quantitative estimate of drug-likeness (QED) is 0.709.